The summed E-state index contributed by atoms with van der Waals surface area (Å²) in [6, 6.07) is 15.9. The minimum absolute atomic E-state index is 0.435. The Morgan fingerprint density at radius 2 is 1.92 bits per heavy atom. The molecular weight excluding hydrogens is 302 g/mol. The number of aryl methyl sites for hydroxylation is 1. The zero-order valence-corrected chi connectivity index (χ0v) is 13.7. The maximum Gasteiger partial charge on any atom is 0.160 e. The molecule has 2 aromatic carbocycles. The number of hydrogen-bond donors (Lipinski definition) is 1. The summed E-state index contributed by atoms with van der Waals surface area (Å²) in [6.07, 6.45) is 3.44. The van der Waals surface area contributed by atoms with E-state index in [1.807, 2.05) is 55.5 Å². The van der Waals surface area contributed by atoms with Gasteiger partial charge < -0.3 is 14.6 Å². The molecule has 0 radical (unpaired) electrons. The molecule has 0 fully saturated rings. The maximum atomic E-state index is 5.98. The molecule has 3 rings (SSSR count). The van der Waals surface area contributed by atoms with Crippen LogP contribution in [0.3, 0.4) is 0 Å². The predicted octanol–water partition coefficient (Wildman–Crippen LogP) is 3.70. The van der Waals surface area contributed by atoms with Gasteiger partial charge in [0.25, 0.3) is 0 Å². The van der Waals surface area contributed by atoms with E-state index >= 15 is 0 Å². The highest BCUT2D eigenvalue weighted by Crippen LogP contribution is 2.20. The van der Waals surface area contributed by atoms with Crippen LogP contribution in [0.25, 0.3) is 0 Å². The molecule has 1 heterocycles. The molecule has 0 bridgehead atoms. The highest BCUT2D eigenvalue weighted by Gasteiger charge is 2.15. The number of nitrogens with one attached hydrogen (secondary N) is 1. The second kappa shape index (κ2) is 7.46. The molecule has 0 aliphatic heterocycles. The molecule has 0 amide bonds. The molecule has 0 atom stereocenters. The second-order valence-electron chi connectivity index (χ2n) is 5.27. The molecule has 24 heavy (non-hydrogen) atoms. The average Bonchev–Trinajstić information content (AvgIpc) is 3.14. The Labute approximate surface area is 141 Å². The van der Waals surface area contributed by atoms with Gasteiger partial charge in [0, 0.05) is 18.0 Å². The first-order valence-corrected chi connectivity index (χ1v) is 7.67. The minimum Gasteiger partial charge on any atom is -0.489 e. The quantitative estimate of drug-likeness (QED) is 0.556. The fourth-order valence-electron chi connectivity index (χ4n) is 2.46. The van der Waals surface area contributed by atoms with E-state index in [0.29, 0.717) is 18.1 Å². The van der Waals surface area contributed by atoms with Crippen LogP contribution in [0.1, 0.15) is 22.5 Å². The summed E-state index contributed by atoms with van der Waals surface area (Å²) in [5.74, 6) is 1.52. The van der Waals surface area contributed by atoms with E-state index < -0.39 is 0 Å². The summed E-state index contributed by atoms with van der Waals surface area (Å²) in [4.78, 5) is 12.4. The SMILES string of the molecule is CO/N=C(\c1ncc[nH]1)c1ccccc1COc1ccccc1C. The number of aromatic amines is 1. The Morgan fingerprint density at radius 1 is 1.12 bits per heavy atom. The fraction of sp³-hybridized carbons (Fsp3) is 0.158. The molecular formula is C19H19N3O2. The summed E-state index contributed by atoms with van der Waals surface area (Å²) in [5, 5.41) is 4.14. The Balaban J connectivity index is 1.90. The van der Waals surface area contributed by atoms with Crippen LogP contribution >= 0.6 is 0 Å². The standard InChI is InChI=1S/C19H19N3O2/c1-14-7-3-6-10-17(14)24-13-15-8-4-5-9-16(15)18(22-23-2)19-20-11-12-21-19/h3-12H,13H2,1-2H3,(H,20,21)/b22-18-. The third-order valence-electron chi connectivity index (χ3n) is 3.65. The molecule has 122 valence electrons. The van der Waals surface area contributed by atoms with Gasteiger partial charge in [0.2, 0.25) is 0 Å². The maximum absolute atomic E-state index is 5.98. The van der Waals surface area contributed by atoms with E-state index in [0.717, 1.165) is 22.4 Å². The molecule has 5 heteroatoms. The van der Waals surface area contributed by atoms with Crippen molar-refractivity contribution < 1.29 is 9.57 Å². The first-order chi connectivity index (χ1) is 11.8. The van der Waals surface area contributed by atoms with Gasteiger partial charge in [-0.15, -0.1) is 0 Å². The molecule has 0 saturated carbocycles. The van der Waals surface area contributed by atoms with Crippen LogP contribution in [0.4, 0.5) is 0 Å². The zero-order chi connectivity index (χ0) is 16.8. The highest BCUT2D eigenvalue weighted by molar-refractivity contribution is 6.11. The van der Waals surface area contributed by atoms with Gasteiger partial charge in [-0.05, 0) is 24.1 Å². The van der Waals surface area contributed by atoms with Crippen LogP contribution in [0.2, 0.25) is 0 Å². The van der Waals surface area contributed by atoms with Crippen molar-refractivity contribution in [2.75, 3.05) is 7.11 Å². The summed E-state index contributed by atoms with van der Waals surface area (Å²) in [7, 11) is 1.52. The lowest BCUT2D eigenvalue weighted by molar-refractivity contribution is 0.213. The molecule has 5 nitrogen and oxygen atoms in total. The van der Waals surface area contributed by atoms with Gasteiger partial charge >= 0.3 is 0 Å². The Morgan fingerprint density at radius 3 is 2.67 bits per heavy atom. The van der Waals surface area contributed by atoms with Crippen LogP contribution in [0, 0.1) is 6.92 Å². The van der Waals surface area contributed by atoms with E-state index in [2.05, 4.69) is 15.1 Å². The summed E-state index contributed by atoms with van der Waals surface area (Å²) in [5.41, 5.74) is 3.68. The van der Waals surface area contributed by atoms with Crippen molar-refractivity contribution in [2.24, 2.45) is 5.16 Å². The molecule has 1 aromatic heterocycles. The van der Waals surface area contributed by atoms with Crippen molar-refractivity contribution in [3.63, 3.8) is 0 Å². The van der Waals surface area contributed by atoms with Crippen LogP contribution in [-0.2, 0) is 11.4 Å². The van der Waals surface area contributed by atoms with E-state index in [1.54, 1.807) is 12.4 Å². The van der Waals surface area contributed by atoms with E-state index in [-0.39, 0.29) is 0 Å². The summed E-state index contributed by atoms with van der Waals surface area (Å²) in [6.45, 7) is 2.46. The number of ether oxygens (including phenoxy) is 1. The van der Waals surface area contributed by atoms with Gasteiger partial charge in [-0.25, -0.2) is 4.98 Å². The van der Waals surface area contributed by atoms with Crippen molar-refractivity contribution in [2.45, 2.75) is 13.5 Å². The number of nitrogens with zero attached hydrogens (tertiary/aromatic N) is 2. The van der Waals surface area contributed by atoms with Crippen LogP contribution in [0.15, 0.2) is 66.1 Å². The number of aromatic nitrogens is 2. The van der Waals surface area contributed by atoms with Crippen LogP contribution in [-0.4, -0.2) is 22.8 Å². The first kappa shape index (κ1) is 15.8. The van der Waals surface area contributed by atoms with Crippen molar-refractivity contribution in [3.05, 3.63) is 83.4 Å². The van der Waals surface area contributed by atoms with E-state index in [1.165, 1.54) is 7.11 Å². The molecule has 0 spiro atoms. The van der Waals surface area contributed by atoms with Crippen molar-refractivity contribution in [3.8, 4) is 5.75 Å². The van der Waals surface area contributed by atoms with Crippen LogP contribution in [0.5, 0.6) is 5.75 Å². The fourth-order valence-corrected chi connectivity index (χ4v) is 2.46. The smallest absolute Gasteiger partial charge is 0.160 e. The normalized spacial score (nSPS) is 11.3. The van der Waals surface area contributed by atoms with Gasteiger partial charge in [0.15, 0.2) is 11.5 Å². The number of rotatable bonds is 6. The van der Waals surface area contributed by atoms with Crippen molar-refractivity contribution >= 4 is 5.71 Å². The van der Waals surface area contributed by atoms with Crippen molar-refractivity contribution in [1.29, 1.82) is 0 Å². The average molecular weight is 321 g/mol. The minimum atomic E-state index is 0.435. The summed E-state index contributed by atoms with van der Waals surface area (Å²) >= 11 is 0. The summed E-state index contributed by atoms with van der Waals surface area (Å²) < 4.78 is 5.98. The lowest BCUT2D eigenvalue weighted by Gasteiger charge is -2.13. The molecule has 0 unspecified atom stereocenters. The van der Waals surface area contributed by atoms with Crippen LogP contribution < -0.4 is 4.74 Å². The largest absolute Gasteiger partial charge is 0.489 e. The van der Waals surface area contributed by atoms with E-state index in [9.17, 15) is 0 Å². The van der Waals surface area contributed by atoms with Gasteiger partial charge in [0.1, 0.15) is 19.5 Å². The Bertz CT molecular complexity index is 826. The Kier molecular flexibility index (Phi) is 4.91. The molecule has 3 aromatic rings. The Hall–Kier alpha value is -3.08. The highest BCUT2D eigenvalue weighted by atomic mass is 16.6. The third kappa shape index (κ3) is 3.46. The first-order valence-electron chi connectivity index (χ1n) is 7.67. The topological polar surface area (TPSA) is 59.5 Å². The van der Waals surface area contributed by atoms with Gasteiger partial charge in [-0.2, -0.15) is 0 Å². The monoisotopic (exact) mass is 321 g/mol. The van der Waals surface area contributed by atoms with E-state index in [4.69, 9.17) is 9.57 Å². The number of oxime groups is 1. The van der Waals surface area contributed by atoms with Crippen molar-refractivity contribution in [1.82, 2.24) is 9.97 Å². The lowest BCUT2D eigenvalue weighted by Crippen LogP contribution is -2.11. The number of para-hydroxylation sites is 1. The molecule has 1 N–H and O–H groups in total. The number of imidazole rings is 1. The number of benzene rings is 2. The second-order valence-corrected chi connectivity index (χ2v) is 5.27. The lowest BCUT2D eigenvalue weighted by atomic mass is 10.0. The van der Waals surface area contributed by atoms with Gasteiger partial charge in [0.05, 0.1) is 0 Å². The molecule has 0 aliphatic rings. The molecule has 0 saturated heterocycles. The zero-order valence-electron chi connectivity index (χ0n) is 13.7. The number of hydrogen-bond acceptors (Lipinski definition) is 4. The predicted molar refractivity (Wildman–Crippen MR) is 93.2 cm³/mol. The van der Waals surface area contributed by atoms with Gasteiger partial charge in [-0.3, -0.25) is 0 Å². The van der Waals surface area contributed by atoms with Gasteiger partial charge in [-0.1, -0.05) is 47.6 Å². The third-order valence-corrected chi connectivity index (χ3v) is 3.65. The number of H-pyrrole nitrogens is 1. The molecule has 0 aliphatic carbocycles.